The molecule has 6 nitrogen and oxygen atoms in total. The van der Waals surface area contributed by atoms with Gasteiger partial charge in [-0.25, -0.2) is 9.50 Å². The molecular formula is C19H20N6. The lowest BCUT2D eigenvalue weighted by Crippen LogP contribution is -1.96. The maximum absolute atomic E-state index is 5.81. The van der Waals surface area contributed by atoms with Gasteiger partial charge in [-0.05, 0) is 36.6 Å². The van der Waals surface area contributed by atoms with Crippen molar-refractivity contribution in [3.05, 3.63) is 54.0 Å². The zero-order chi connectivity index (χ0) is 17.6. The van der Waals surface area contributed by atoms with E-state index in [0.29, 0.717) is 5.92 Å². The molecule has 6 heteroatoms. The number of nitrogens with one attached hydrogen (secondary N) is 1. The number of benzene rings is 1. The summed E-state index contributed by atoms with van der Waals surface area (Å²) >= 11 is 0. The smallest absolute Gasteiger partial charge is 0.158 e. The Hall–Kier alpha value is -3.15. The third kappa shape index (κ3) is 2.55. The molecule has 3 heterocycles. The minimum Gasteiger partial charge on any atom is -0.399 e. The van der Waals surface area contributed by atoms with Crippen molar-refractivity contribution in [1.82, 2.24) is 24.8 Å². The lowest BCUT2D eigenvalue weighted by atomic mass is 9.94. The predicted molar refractivity (Wildman–Crippen MR) is 99.2 cm³/mol. The van der Waals surface area contributed by atoms with E-state index in [9.17, 15) is 0 Å². The molecule has 3 aromatic heterocycles. The molecule has 0 radical (unpaired) electrons. The topological polar surface area (TPSA) is 84.9 Å². The number of hydrogen-bond acceptors (Lipinski definition) is 4. The van der Waals surface area contributed by atoms with Crippen LogP contribution in [0.2, 0.25) is 0 Å². The summed E-state index contributed by atoms with van der Waals surface area (Å²) in [7, 11) is 0. The number of nitrogens with two attached hydrogens (primary N) is 1. The van der Waals surface area contributed by atoms with Gasteiger partial charge < -0.3 is 5.73 Å². The van der Waals surface area contributed by atoms with E-state index >= 15 is 0 Å². The monoisotopic (exact) mass is 332 g/mol. The number of aromatic nitrogens is 5. The summed E-state index contributed by atoms with van der Waals surface area (Å²) in [5.74, 6) is 0.313. The highest BCUT2D eigenvalue weighted by molar-refractivity contribution is 5.76. The van der Waals surface area contributed by atoms with E-state index in [0.717, 1.165) is 39.4 Å². The predicted octanol–water partition coefficient (Wildman–Crippen LogP) is 3.80. The molecule has 0 saturated heterocycles. The summed E-state index contributed by atoms with van der Waals surface area (Å²) in [6.07, 6.45) is 3.56. The minimum atomic E-state index is 0.313. The van der Waals surface area contributed by atoms with Crippen molar-refractivity contribution in [3.63, 3.8) is 0 Å². The third-order valence-corrected chi connectivity index (χ3v) is 4.41. The van der Waals surface area contributed by atoms with Crippen LogP contribution in [0.25, 0.3) is 28.2 Å². The molecule has 126 valence electrons. The number of rotatable bonds is 3. The SMILES string of the molecule is Cc1cc(-c2[nH]nc(-c3ccc(N)cc3)c2C(C)C)cn2ncnc12. The van der Waals surface area contributed by atoms with E-state index in [2.05, 4.69) is 40.2 Å². The van der Waals surface area contributed by atoms with Gasteiger partial charge in [0, 0.05) is 28.6 Å². The second-order valence-electron chi connectivity index (χ2n) is 6.58. The first-order chi connectivity index (χ1) is 12.0. The maximum Gasteiger partial charge on any atom is 0.158 e. The lowest BCUT2D eigenvalue weighted by Gasteiger charge is -2.11. The fraction of sp³-hybridized carbons (Fsp3) is 0.211. The molecule has 0 fully saturated rings. The number of hydrogen-bond donors (Lipinski definition) is 2. The van der Waals surface area contributed by atoms with Gasteiger partial charge in [0.15, 0.2) is 5.65 Å². The Morgan fingerprint density at radius 2 is 1.88 bits per heavy atom. The molecule has 0 unspecified atom stereocenters. The summed E-state index contributed by atoms with van der Waals surface area (Å²) in [4.78, 5) is 4.29. The molecule has 0 spiro atoms. The number of aryl methyl sites for hydroxylation is 1. The first-order valence-electron chi connectivity index (χ1n) is 8.29. The Labute approximate surface area is 145 Å². The first kappa shape index (κ1) is 15.4. The van der Waals surface area contributed by atoms with Gasteiger partial charge in [-0.3, -0.25) is 5.10 Å². The Morgan fingerprint density at radius 1 is 1.12 bits per heavy atom. The van der Waals surface area contributed by atoms with Crippen LogP contribution >= 0.6 is 0 Å². The van der Waals surface area contributed by atoms with Gasteiger partial charge in [-0.1, -0.05) is 26.0 Å². The van der Waals surface area contributed by atoms with Gasteiger partial charge in [-0.2, -0.15) is 10.2 Å². The second kappa shape index (κ2) is 5.73. The number of fused-ring (bicyclic) bond motifs is 1. The fourth-order valence-electron chi connectivity index (χ4n) is 3.22. The number of nitrogens with zero attached hydrogens (tertiary/aromatic N) is 4. The molecule has 0 aliphatic heterocycles. The summed E-state index contributed by atoms with van der Waals surface area (Å²) in [5.41, 5.74) is 13.8. The van der Waals surface area contributed by atoms with Crippen molar-refractivity contribution < 1.29 is 0 Å². The number of pyridine rings is 1. The van der Waals surface area contributed by atoms with Gasteiger partial charge in [0.2, 0.25) is 0 Å². The van der Waals surface area contributed by atoms with Crippen molar-refractivity contribution in [2.75, 3.05) is 5.73 Å². The van der Waals surface area contributed by atoms with Gasteiger partial charge in [0.05, 0.1) is 11.4 Å². The number of aromatic amines is 1. The Balaban J connectivity index is 1.91. The van der Waals surface area contributed by atoms with Crippen LogP contribution in [0.5, 0.6) is 0 Å². The van der Waals surface area contributed by atoms with Crippen LogP contribution in [0.15, 0.2) is 42.9 Å². The normalized spacial score (nSPS) is 11.5. The number of anilines is 1. The summed E-state index contributed by atoms with van der Waals surface area (Å²) in [5, 5.41) is 12.1. The summed E-state index contributed by atoms with van der Waals surface area (Å²) < 4.78 is 1.80. The average Bonchev–Trinajstić information content (AvgIpc) is 3.22. The molecule has 0 aliphatic carbocycles. The quantitative estimate of drug-likeness (QED) is 0.559. The van der Waals surface area contributed by atoms with Crippen molar-refractivity contribution >= 4 is 11.3 Å². The van der Waals surface area contributed by atoms with Crippen LogP contribution in [-0.4, -0.2) is 24.8 Å². The van der Waals surface area contributed by atoms with E-state index in [-0.39, 0.29) is 0 Å². The van der Waals surface area contributed by atoms with E-state index in [1.807, 2.05) is 37.4 Å². The molecule has 25 heavy (non-hydrogen) atoms. The third-order valence-electron chi connectivity index (χ3n) is 4.41. The molecule has 1 aromatic carbocycles. The van der Waals surface area contributed by atoms with Crippen LogP contribution in [0, 0.1) is 6.92 Å². The Kier molecular flexibility index (Phi) is 3.53. The van der Waals surface area contributed by atoms with Crippen LogP contribution in [-0.2, 0) is 0 Å². The van der Waals surface area contributed by atoms with Crippen LogP contribution < -0.4 is 5.73 Å². The number of nitrogen functional groups attached to an aromatic ring is 1. The highest BCUT2D eigenvalue weighted by Crippen LogP contribution is 2.36. The van der Waals surface area contributed by atoms with Crippen LogP contribution in [0.1, 0.15) is 30.9 Å². The average molecular weight is 332 g/mol. The van der Waals surface area contributed by atoms with E-state index in [1.54, 1.807) is 10.8 Å². The molecule has 4 aromatic rings. The standard InChI is InChI=1S/C19H20N6/c1-11(2)16-17(13-4-6-15(20)7-5-13)23-24-18(16)14-8-12(3)19-21-10-22-25(19)9-14/h4-11H,20H2,1-3H3,(H,23,24). The molecule has 0 atom stereocenters. The molecule has 0 bridgehead atoms. The van der Waals surface area contributed by atoms with Gasteiger partial charge in [-0.15, -0.1) is 0 Å². The lowest BCUT2D eigenvalue weighted by molar-refractivity contribution is 0.871. The van der Waals surface area contributed by atoms with Gasteiger partial charge in [0.25, 0.3) is 0 Å². The van der Waals surface area contributed by atoms with Crippen molar-refractivity contribution in [1.29, 1.82) is 0 Å². The zero-order valence-electron chi connectivity index (χ0n) is 14.5. The summed E-state index contributed by atoms with van der Waals surface area (Å²) in [6.45, 7) is 6.39. The summed E-state index contributed by atoms with van der Waals surface area (Å²) in [6, 6.07) is 9.94. The van der Waals surface area contributed by atoms with Gasteiger partial charge >= 0.3 is 0 Å². The first-order valence-corrected chi connectivity index (χ1v) is 8.29. The van der Waals surface area contributed by atoms with E-state index < -0.39 is 0 Å². The fourth-order valence-corrected chi connectivity index (χ4v) is 3.22. The minimum absolute atomic E-state index is 0.313. The molecule has 0 aliphatic rings. The molecular weight excluding hydrogens is 312 g/mol. The molecule has 0 saturated carbocycles. The largest absolute Gasteiger partial charge is 0.399 e. The molecule has 3 N–H and O–H groups in total. The van der Waals surface area contributed by atoms with Crippen LogP contribution in [0.4, 0.5) is 5.69 Å². The van der Waals surface area contributed by atoms with Gasteiger partial charge in [0.1, 0.15) is 6.33 Å². The second-order valence-corrected chi connectivity index (χ2v) is 6.58. The molecule has 0 amide bonds. The van der Waals surface area contributed by atoms with E-state index in [1.165, 1.54) is 5.56 Å². The van der Waals surface area contributed by atoms with Crippen molar-refractivity contribution in [3.8, 4) is 22.5 Å². The highest BCUT2D eigenvalue weighted by atomic mass is 15.3. The number of H-pyrrole nitrogens is 1. The Bertz CT molecular complexity index is 1040. The van der Waals surface area contributed by atoms with Crippen LogP contribution in [0.3, 0.4) is 0 Å². The maximum atomic E-state index is 5.81. The zero-order valence-corrected chi connectivity index (χ0v) is 14.5. The van der Waals surface area contributed by atoms with Crippen molar-refractivity contribution in [2.45, 2.75) is 26.7 Å². The van der Waals surface area contributed by atoms with E-state index in [4.69, 9.17) is 5.73 Å². The highest BCUT2D eigenvalue weighted by Gasteiger charge is 2.20. The Morgan fingerprint density at radius 3 is 2.60 bits per heavy atom. The van der Waals surface area contributed by atoms with Crippen molar-refractivity contribution in [2.24, 2.45) is 0 Å². The molecule has 4 rings (SSSR count).